The fraction of sp³-hybridized carbons (Fsp3) is 0.391. The van der Waals surface area contributed by atoms with Crippen LogP contribution in [0.2, 0.25) is 0 Å². The van der Waals surface area contributed by atoms with Crippen molar-refractivity contribution in [3.63, 3.8) is 0 Å². The molecule has 35 heavy (non-hydrogen) atoms. The van der Waals surface area contributed by atoms with E-state index in [-0.39, 0.29) is 24.5 Å². The number of nitrogens with one attached hydrogen (secondary N) is 1. The molecular weight excluding hydrogens is 484 g/mol. The number of amides is 1. The van der Waals surface area contributed by atoms with E-state index in [9.17, 15) is 9.59 Å². The number of aryl methyl sites for hydroxylation is 1. The minimum Gasteiger partial charge on any atom is -0.300 e. The molecule has 0 aromatic carbocycles. The van der Waals surface area contributed by atoms with Crippen LogP contribution < -0.4 is 5.32 Å². The third-order valence-corrected chi connectivity index (χ3v) is 7.88. The van der Waals surface area contributed by atoms with E-state index in [0.29, 0.717) is 28.4 Å². The fourth-order valence-corrected chi connectivity index (χ4v) is 6.11. The first-order chi connectivity index (χ1) is 17.0. The quantitative estimate of drug-likeness (QED) is 0.341. The van der Waals surface area contributed by atoms with E-state index >= 15 is 0 Å². The Kier molecular flexibility index (Phi) is 7.00. The lowest BCUT2D eigenvalue weighted by atomic mass is 10.0. The monoisotopic (exact) mass is 508 g/mol. The van der Waals surface area contributed by atoms with Gasteiger partial charge in [-0.2, -0.15) is 5.10 Å². The number of nitrogens with zero attached hydrogens (tertiary/aromatic N) is 7. The number of anilines is 1. The molecule has 4 heterocycles. The van der Waals surface area contributed by atoms with Gasteiger partial charge in [0.15, 0.2) is 5.78 Å². The second-order valence-electron chi connectivity index (χ2n) is 8.64. The van der Waals surface area contributed by atoms with E-state index in [1.165, 1.54) is 22.7 Å². The lowest BCUT2D eigenvalue weighted by Gasteiger charge is -2.06. The average Bonchev–Trinajstić information content (AvgIpc) is 3.63. The third kappa shape index (κ3) is 6.01. The molecule has 180 valence electrons. The molecule has 1 saturated carbocycles. The van der Waals surface area contributed by atoms with Crippen LogP contribution >= 0.6 is 22.7 Å². The summed E-state index contributed by atoms with van der Waals surface area (Å²) in [5.41, 5.74) is 1.17. The van der Waals surface area contributed by atoms with Gasteiger partial charge >= 0.3 is 0 Å². The number of carbonyl (C=O) groups is 2. The van der Waals surface area contributed by atoms with Crippen molar-refractivity contribution in [3.8, 4) is 0 Å². The highest BCUT2D eigenvalue weighted by Crippen LogP contribution is 2.41. The van der Waals surface area contributed by atoms with Gasteiger partial charge in [-0.15, -0.1) is 31.7 Å². The maximum Gasteiger partial charge on any atom is 0.232 e. The summed E-state index contributed by atoms with van der Waals surface area (Å²) in [4.78, 5) is 28.8. The van der Waals surface area contributed by atoms with Crippen molar-refractivity contribution < 1.29 is 9.59 Å². The molecule has 1 aliphatic rings. The molecule has 1 N–H and O–H groups in total. The SMILES string of the molecule is Cn1ccc(C(=O)Cc2nnc(C[C@H]3CC[C@@H](c4nnc(NC(=O)Cc5ccccn5)s4)C3)s2)n1. The molecule has 1 amide bonds. The van der Waals surface area contributed by atoms with Crippen molar-refractivity contribution in [2.24, 2.45) is 13.0 Å². The number of aromatic nitrogens is 7. The maximum atomic E-state index is 12.4. The zero-order valence-electron chi connectivity index (χ0n) is 19.1. The highest BCUT2D eigenvalue weighted by atomic mass is 32.1. The van der Waals surface area contributed by atoms with Gasteiger partial charge in [0.05, 0.1) is 12.8 Å². The van der Waals surface area contributed by atoms with E-state index in [2.05, 4.69) is 35.8 Å². The summed E-state index contributed by atoms with van der Waals surface area (Å²) in [6.07, 6.45) is 7.81. The summed E-state index contributed by atoms with van der Waals surface area (Å²) in [7, 11) is 1.79. The van der Waals surface area contributed by atoms with Gasteiger partial charge < -0.3 is 5.32 Å². The molecule has 12 heteroatoms. The molecule has 0 saturated heterocycles. The Labute approximate surface area is 209 Å². The number of hydrogen-bond acceptors (Lipinski definition) is 10. The van der Waals surface area contributed by atoms with Gasteiger partial charge in [-0.05, 0) is 43.4 Å². The number of pyridine rings is 1. The predicted molar refractivity (Wildman–Crippen MR) is 131 cm³/mol. The van der Waals surface area contributed by atoms with Crippen LogP contribution in [0.25, 0.3) is 0 Å². The average molecular weight is 509 g/mol. The normalized spacial score (nSPS) is 17.5. The van der Waals surface area contributed by atoms with Gasteiger partial charge in [0, 0.05) is 37.5 Å². The molecule has 4 aromatic heterocycles. The molecule has 0 bridgehead atoms. The Morgan fingerprint density at radius 3 is 2.74 bits per heavy atom. The zero-order valence-corrected chi connectivity index (χ0v) is 20.8. The van der Waals surface area contributed by atoms with Gasteiger partial charge in [0.25, 0.3) is 0 Å². The van der Waals surface area contributed by atoms with Crippen LogP contribution in [-0.2, 0) is 31.1 Å². The largest absolute Gasteiger partial charge is 0.300 e. The molecular formula is C23H24N8O2S2. The van der Waals surface area contributed by atoms with E-state index in [4.69, 9.17) is 0 Å². The summed E-state index contributed by atoms with van der Waals surface area (Å²) in [6, 6.07) is 7.22. The lowest BCUT2D eigenvalue weighted by Crippen LogP contribution is -2.14. The number of rotatable bonds is 9. The van der Waals surface area contributed by atoms with Crippen LogP contribution in [0.5, 0.6) is 0 Å². The number of hydrogen-bond donors (Lipinski definition) is 1. The second-order valence-corrected chi connectivity index (χ2v) is 10.8. The standard InChI is InChI=1S/C23H24N8O2S2/c1-31-9-7-17(30-31)18(32)13-21-27-26-20(34-21)11-14-5-6-15(10-14)22-28-29-23(35-22)25-19(33)12-16-4-2-3-8-24-16/h2-4,7-9,14-15H,5-6,10-13H2,1H3,(H,25,29,33)/t14-,15+/m0/s1. The van der Waals surface area contributed by atoms with Crippen molar-refractivity contribution >= 4 is 39.5 Å². The van der Waals surface area contributed by atoms with Crippen LogP contribution in [0.15, 0.2) is 36.7 Å². The van der Waals surface area contributed by atoms with E-state index in [1.54, 1.807) is 30.2 Å². The topological polar surface area (TPSA) is 128 Å². The Hall–Kier alpha value is -3.38. The summed E-state index contributed by atoms with van der Waals surface area (Å²) < 4.78 is 1.62. The summed E-state index contributed by atoms with van der Waals surface area (Å²) >= 11 is 2.95. The van der Waals surface area contributed by atoms with Crippen LogP contribution in [0.4, 0.5) is 5.13 Å². The first kappa shape index (κ1) is 23.4. The lowest BCUT2D eigenvalue weighted by molar-refractivity contribution is -0.115. The predicted octanol–water partition coefficient (Wildman–Crippen LogP) is 3.25. The van der Waals surface area contributed by atoms with Crippen LogP contribution in [0, 0.1) is 5.92 Å². The summed E-state index contributed by atoms with van der Waals surface area (Å²) in [5.74, 6) is 0.619. The van der Waals surface area contributed by atoms with E-state index in [0.717, 1.165) is 40.7 Å². The zero-order chi connectivity index (χ0) is 24.2. The fourth-order valence-electron chi connectivity index (χ4n) is 4.25. The van der Waals surface area contributed by atoms with Crippen LogP contribution in [0.1, 0.15) is 56.4 Å². The minimum atomic E-state index is -0.149. The van der Waals surface area contributed by atoms with Crippen LogP contribution in [0.3, 0.4) is 0 Å². The highest BCUT2D eigenvalue weighted by Gasteiger charge is 2.30. The Balaban J connectivity index is 1.11. The Morgan fingerprint density at radius 1 is 1.06 bits per heavy atom. The van der Waals surface area contributed by atoms with Crippen molar-refractivity contribution in [1.82, 2.24) is 35.2 Å². The van der Waals surface area contributed by atoms with Gasteiger partial charge in [-0.1, -0.05) is 17.4 Å². The van der Waals surface area contributed by atoms with Gasteiger partial charge in [-0.3, -0.25) is 19.3 Å². The van der Waals surface area contributed by atoms with Crippen molar-refractivity contribution in [2.45, 2.75) is 44.4 Å². The Morgan fingerprint density at radius 2 is 1.94 bits per heavy atom. The molecule has 1 fully saturated rings. The van der Waals surface area contributed by atoms with Gasteiger partial charge in [0.1, 0.15) is 20.7 Å². The highest BCUT2D eigenvalue weighted by molar-refractivity contribution is 7.15. The minimum absolute atomic E-state index is 0.0478. The number of carbonyl (C=O) groups excluding carboxylic acids is 2. The summed E-state index contributed by atoms with van der Waals surface area (Å²) in [5, 5.41) is 27.2. The molecule has 2 atom stereocenters. The first-order valence-corrected chi connectivity index (χ1v) is 13.0. The molecule has 4 aromatic rings. The van der Waals surface area contributed by atoms with Crippen molar-refractivity contribution in [1.29, 1.82) is 0 Å². The number of Topliss-reactive ketones (excluding diaryl/α,β-unsaturated/α-hetero) is 1. The smallest absolute Gasteiger partial charge is 0.232 e. The molecule has 10 nitrogen and oxygen atoms in total. The maximum absolute atomic E-state index is 12.4. The second kappa shape index (κ2) is 10.5. The molecule has 0 spiro atoms. The van der Waals surface area contributed by atoms with Crippen LogP contribution in [-0.4, -0.2) is 46.8 Å². The van der Waals surface area contributed by atoms with E-state index < -0.39 is 0 Å². The van der Waals surface area contributed by atoms with E-state index in [1.807, 2.05) is 18.2 Å². The third-order valence-electron chi connectivity index (χ3n) is 5.93. The Bertz CT molecular complexity index is 1320. The molecule has 0 unspecified atom stereocenters. The van der Waals surface area contributed by atoms with Gasteiger partial charge in [-0.25, -0.2) is 0 Å². The number of ketones is 1. The van der Waals surface area contributed by atoms with Crippen molar-refractivity contribution in [3.05, 3.63) is 63.1 Å². The molecule has 0 radical (unpaired) electrons. The molecule has 1 aliphatic carbocycles. The summed E-state index contributed by atoms with van der Waals surface area (Å²) in [6.45, 7) is 0. The molecule has 0 aliphatic heterocycles. The first-order valence-electron chi connectivity index (χ1n) is 11.4. The molecule has 5 rings (SSSR count). The van der Waals surface area contributed by atoms with Gasteiger partial charge in [0.2, 0.25) is 11.0 Å². The van der Waals surface area contributed by atoms with Crippen molar-refractivity contribution in [2.75, 3.05) is 5.32 Å².